The van der Waals surface area contributed by atoms with Crippen LogP contribution in [0.3, 0.4) is 0 Å². The van der Waals surface area contributed by atoms with Crippen LogP contribution in [0.2, 0.25) is 0 Å². The third kappa shape index (κ3) is 2.81. The van der Waals surface area contributed by atoms with Gasteiger partial charge in [0.1, 0.15) is 11.6 Å². The number of hydrogen-bond acceptors (Lipinski definition) is 2. The van der Waals surface area contributed by atoms with Crippen LogP contribution in [0.1, 0.15) is 5.56 Å². The number of aromatic nitrogens is 2. The number of carbonyl (C=O) groups excluding carboxylic acids is 1. The Kier molecular flexibility index (Phi) is 3.04. The van der Waals surface area contributed by atoms with Gasteiger partial charge in [-0.3, -0.25) is 10.4 Å². The molecule has 88 valence electrons. The van der Waals surface area contributed by atoms with E-state index in [1.165, 1.54) is 24.3 Å². The fraction of sp³-hybridized carbons (Fsp3) is 0.0909. The molecule has 1 aromatic heterocycles. The lowest BCUT2D eigenvalue weighted by Gasteiger charge is -2.06. The molecule has 0 aliphatic rings. The van der Waals surface area contributed by atoms with Crippen LogP contribution in [0.25, 0.3) is 0 Å². The molecule has 0 bridgehead atoms. The van der Waals surface area contributed by atoms with E-state index in [0.29, 0.717) is 11.5 Å². The molecule has 1 aromatic carbocycles. The molecule has 0 fully saturated rings. The van der Waals surface area contributed by atoms with Crippen LogP contribution in [0.4, 0.5) is 20.7 Å². The van der Waals surface area contributed by atoms with Crippen LogP contribution >= 0.6 is 0 Å². The third-order valence-corrected chi connectivity index (χ3v) is 2.17. The van der Waals surface area contributed by atoms with Crippen molar-refractivity contribution in [2.75, 3.05) is 10.6 Å². The van der Waals surface area contributed by atoms with Crippen molar-refractivity contribution in [1.29, 1.82) is 0 Å². The lowest BCUT2D eigenvalue weighted by atomic mass is 10.3. The van der Waals surface area contributed by atoms with Crippen molar-refractivity contribution in [3.8, 4) is 0 Å². The molecule has 0 unspecified atom stereocenters. The average Bonchev–Trinajstić information content (AvgIpc) is 2.68. The van der Waals surface area contributed by atoms with Gasteiger partial charge in [-0.1, -0.05) is 0 Å². The number of amides is 2. The summed E-state index contributed by atoms with van der Waals surface area (Å²) in [6, 6.07) is 5.10. The number of nitrogens with one attached hydrogen (secondary N) is 3. The molecular formula is C11H11FN4O. The predicted octanol–water partition coefficient (Wildman–Crippen LogP) is 2.50. The molecule has 0 radical (unpaired) electrons. The lowest BCUT2D eigenvalue weighted by molar-refractivity contribution is 0.262. The van der Waals surface area contributed by atoms with Crippen molar-refractivity contribution in [2.45, 2.75) is 6.92 Å². The predicted molar refractivity (Wildman–Crippen MR) is 62.4 cm³/mol. The highest BCUT2D eigenvalue weighted by Gasteiger charge is 2.05. The van der Waals surface area contributed by atoms with E-state index in [1.54, 1.807) is 6.20 Å². The summed E-state index contributed by atoms with van der Waals surface area (Å²) >= 11 is 0. The summed E-state index contributed by atoms with van der Waals surface area (Å²) in [6.07, 6.45) is 1.60. The summed E-state index contributed by atoms with van der Waals surface area (Å²) in [7, 11) is 0. The third-order valence-electron chi connectivity index (χ3n) is 2.17. The molecular weight excluding hydrogens is 223 g/mol. The van der Waals surface area contributed by atoms with Crippen molar-refractivity contribution in [3.05, 3.63) is 41.8 Å². The number of H-pyrrole nitrogens is 1. The van der Waals surface area contributed by atoms with Crippen LogP contribution in [-0.2, 0) is 0 Å². The number of halogens is 1. The van der Waals surface area contributed by atoms with Gasteiger partial charge >= 0.3 is 6.03 Å². The minimum atomic E-state index is -0.413. The van der Waals surface area contributed by atoms with Gasteiger partial charge < -0.3 is 5.32 Å². The summed E-state index contributed by atoms with van der Waals surface area (Å²) in [5.74, 6) is 0.185. The van der Waals surface area contributed by atoms with E-state index in [0.717, 1.165) is 5.56 Å². The quantitative estimate of drug-likeness (QED) is 0.747. The molecule has 0 saturated carbocycles. The Labute approximate surface area is 97.0 Å². The Morgan fingerprint density at radius 1 is 1.29 bits per heavy atom. The van der Waals surface area contributed by atoms with E-state index < -0.39 is 6.03 Å². The normalized spacial score (nSPS) is 10.0. The summed E-state index contributed by atoms with van der Waals surface area (Å²) in [6.45, 7) is 1.82. The van der Waals surface area contributed by atoms with Gasteiger partial charge in [0.15, 0.2) is 0 Å². The zero-order chi connectivity index (χ0) is 12.3. The maximum atomic E-state index is 12.6. The second-order valence-corrected chi connectivity index (χ2v) is 3.51. The molecule has 0 spiro atoms. The van der Waals surface area contributed by atoms with Crippen LogP contribution in [0, 0.1) is 12.7 Å². The molecule has 2 aromatic rings. The summed E-state index contributed by atoms with van der Waals surface area (Å²) in [5, 5.41) is 11.6. The second-order valence-electron chi connectivity index (χ2n) is 3.51. The minimum Gasteiger partial charge on any atom is -0.308 e. The highest BCUT2D eigenvalue weighted by Crippen LogP contribution is 2.11. The maximum absolute atomic E-state index is 12.6. The van der Waals surface area contributed by atoms with E-state index in [1.807, 2.05) is 6.92 Å². The van der Waals surface area contributed by atoms with Crippen molar-refractivity contribution >= 4 is 17.5 Å². The van der Waals surface area contributed by atoms with Crippen molar-refractivity contribution in [1.82, 2.24) is 10.2 Å². The maximum Gasteiger partial charge on any atom is 0.324 e. The van der Waals surface area contributed by atoms with E-state index in [-0.39, 0.29) is 5.82 Å². The molecule has 0 aliphatic carbocycles. The fourth-order valence-electron chi connectivity index (χ4n) is 1.28. The van der Waals surface area contributed by atoms with Gasteiger partial charge in [-0.15, -0.1) is 0 Å². The average molecular weight is 234 g/mol. The van der Waals surface area contributed by atoms with Crippen LogP contribution in [0.15, 0.2) is 30.5 Å². The van der Waals surface area contributed by atoms with Gasteiger partial charge in [-0.05, 0) is 31.2 Å². The largest absolute Gasteiger partial charge is 0.324 e. The number of urea groups is 1. The topological polar surface area (TPSA) is 69.8 Å². The van der Waals surface area contributed by atoms with Gasteiger partial charge in [-0.2, -0.15) is 5.10 Å². The number of nitrogens with zero attached hydrogens (tertiary/aromatic N) is 1. The molecule has 6 heteroatoms. The molecule has 0 aliphatic heterocycles. The first kappa shape index (κ1) is 11.1. The Balaban J connectivity index is 1.98. The Morgan fingerprint density at radius 3 is 2.59 bits per heavy atom. The molecule has 3 N–H and O–H groups in total. The lowest BCUT2D eigenvalue weighted by Crippen LogP contribution is -2.20. The number of anilines is 2. The first-order chi connectivity index (χ1) is 8.15. The summed E-state index contributed by atoms with van der Waals surface area (Å²) in [5.41, 5.74) is 1.35. The van der Waals surface area contributed by atoms with Gasteiger partial charge in [0.25, 0.3) is 0 Å². The summed E-state index contributed by atoms with van der Waals surface area (Å²) < 4.78 is 12.6. The highest BCUT2D eigenvalue weighted by atomic mass is 19.1. The first-order valence-electron chi connectivity index (χ1n) is 4.98. The molecule has 17 heavy (non-hydrogen) atoms. The number of benzene rings is 1. The zero-order valence-corrected chi connectivity index (χ0v) is 9.12. The first-order valence-corrected chi connectivity index (χ1v) is 4.98. The van der Waals surface area contributed by atoms with Gasteiger partial charge in [0.05, 0.1) is 6.20 Å². The van der Waals surface area contributed by atoms with Crippen molar-refractivity contribution < 1.29 is 9.18 Å². The van der Waals surface area contributed by atoms with E-state index in [4.69, 9.17) is 0 Å². The molecule has 5 nitrogen and oxygen atoms in total. The zero-order valence-electron chi connectivity index (χ0n) is 9.12. The van der Waals surface area contributed by atoms with Gasteiger partial charge in [0, 0.05) is 11.3 Å². The second kappa shape index (κ2) is 4.65. The molecule has 2 rings (SSSR count). The van der Waals surface area contributed by atoms with Gasteiger partial charge in [-0.25, -0.2) is 9.18 Å². The smallest absolute Gasteiger partial charge is 0.308 e. The Morgan fingerprint density at radius 2 is 2.00 bits per heavy atom. The molecule has 0 atom stereocenters. The monoisotopic (exact) mass is 234 g/mol. The fourth-order valence-corrected chi connectivity index (χ4v) is 1.28. The van der Waals surface area contributed by atoms with E-state index in [9.17, 15) is 9.18 Å². The molecule has 0 saturated heterocycles. The van der Waals surface area contributed by atoms with Crippen LogP contribution in [0.5, 0.6) is 0 Å². The van der Waals surface area contributed by atoms with Crippen LogP contribution < -0.4 is 10.6 Å². The Hall–Kier alpha value is -2.37. The Bertz CT molecular complexity index is 521. The van der Waals surface area contributed by atoms with E-state index in [2.05, 4.69) is 20.8 Å². The highest BCUT2D eigenvalue weighted by molar-refractivity contribution is 5.99. The standard InChI is InChI=1S/C11H11FN4O/c1-7-6-13-16-10(7)15-11(17)14-9-4-2-8(12)3-5-9/h2-6H,1H3,(H3,13,14,15,16,17). The van der Waals surface area contributed by atoms with E-state index >= 15 is 0 Å². The van der Waals surface area contributed by atoms with Gasteiger partial charge in [0.2, 0.25) is 0 Å². The van der Waals surface area contributed by atoms with Crippen LogP contribution in [-0.4, -0.2) is 16.2 Å². The SMILES string of the molecule is Cc1cn[nH]c1NC(=O)Nc1ccc(F)cc1. The minimum absolute atomic E-state index is 0.347. The molecule has 1 heterocycles. The van der Waals surface area contributed by atoms with Crippen molar-refractivity contribution in [2.24, 2.45) is 0 Å². The number of hydrogen-bond donors (Lipinski definition) is 3. The van der Waals surface area contributed by atoms with Crippen molar-refractivity contribution in [3.63, 3.8) is 0 Å². The number of rotatable bonds is 2. The summed E-state index contributed by atoms with van der Waals surface area (Å²) in [4.78, 5) is 11.6. The number of aromatic amines is 1. The molecule has 2 amide bonds. The number of aryl methyl sites for hydroxylation is 1. The number of carbonyl (C=O) groups is 1.